The molecule has 1 aromatic carbocycles. The molecule has 0 unspecified atom stereocenters. The van der Waals surface area contributed by atoms with Crippen LogP contribution in [-0.2, 0) is 0 Å². The van der Waals surface area contributed by atoms with E-state index in [0.717, 1.165) is 0 Å². The molecule has 0 atom stereocenters. The van der Waals surface area contributed by atoms with E-state index in [1.54, 1.807) is 6.92 Å². The van der Waals surface area contributed by atoms with Crippen molar-refractivity contribution in [3.8, 4) is 5.75 Å². The fraction of sp³-hybridized carbons (Fsp3) is 0.125. The predicted molar refractivity (Wildman–Crippen MR) is 39.8 cm³/mol. The molecule has 2 N–H and O–H groups in total. The Kier molecular flexibility index (Phi) is 4.81. The van der Waals surface area contributed by atoms with E-state index in [0.29, 0.717) is 5.56 Å². The average molecular weight is 379 g/mol. The summed E-state index contributed by atoms with van der Waals surface area (Å²) in [6, 6.07) is 4.42. The zero-order valence-electron chi connectivity index (χ0n) is 6.61. The molecule has 0 saturated heterocycles. The molecule has 0 bridgehead atoms. The summed E-state index contributed by atoms with van der Waals surface area (Å²) in [7, 11) is 0. The molecular weight excluding hydrogens is 371 g/mol. The number of carboxylic acids is 1. The molecule has 0 aliphatic carbocycles. The van der Waals surface area contributed by atoms with Crippen molar-refractivity contribution in [3.05, 3.63) is 29.3 Å². The molecule has 0 aliphatic rings. The number of aromatic hydroxyl groups is 1. The summed E-state index contributed by atoms with van der Waals surface area (Å²) in [5.41, 5.74) is 0.546. The maximum atomic E-state index is 10.5. The largest absolute Gasteiger partial charge is 0.508 e. The standard InChI is InChI=1S/C8H8O3.Ac/c1-5-6(8(10)11)3-2-4-7(5)9;/h2-4,9H,1H3,(H,10,11);. The zero-order chi connectivity index (χ0) is 8.43. The third kappa shape index (κ3) is 2.46. The van der Waals surface area contributed by atoms with Crippen LogP contribution < -0.4 is 0 Å². The van der Waals surface area contributed by atoms with Gasteiger partial charge in [-0.1, -0.05) is 6.07 Å². The third-order valence-corrected chi connectivity index (χ3v) is 1.54. The van der Waals surface area contributed by atoms with Crippen LogP contribution >= 0.6 is 0 Å². The molecule has 0 aliphatic heterocycles. The molecule has 0 spiro atoms. The number of aromatic carboxylic acids is 1. The first kappa shape index (κ1) is 11.9. The van der Waals surface area contributed by atoms with Gasteiger partial charge in [0.15, 0.2) is 0 Å². The summed E-state index contributed by atoms with van der Waals surface area (Å²) in [5, 5.41) is 17.7. The van der Waals surface area contributed by atoms with Crippen LogP contribution in [0, 0.1) is 51.0 Å². The van der Waals surface area contributed by atoms with Crippen molar-refractivity contribution in [2.24, 2.45) is 0 Å². The smallest absolute Gasteiger partial charge is 0.336 e. The second-order valence-corrected chi connectivity index (χ2v) is 2.25. The van der Waals surface area contributed by atoms with E-state index in [1.807, 2.05) is 0 Å². The number of rotatable bonds is 1. The molecule has 0 amide bonds. The molecule has 4 heteroatoms. The molecule has 0 heterocycles. The first-order chi connectivity index (χ1) is 5.13. The summed E-state index contributed by atoms with van der Waals surface area (Å²) in [6.45, 7) is 1.57. The van der Waals surface area contributed by atoms with Crippen LogP contribution in [0.2, 0.25) is 0 Å². The van der Waals surface area contributed by atoms with Crippen LogP contribution in [-0.4, -0.2) is 16.2 Å². The third-order valence-electron chi connectivity index (χ3n) is 1.54. The fourth-order valence-electron chi connectivity index (χ4n) is 0.855. The second-order valence-electron chi connectivity index (χ2n) is 2.25. The maximum absolute atomic E-state index is 10.5. The Labute approximate surface area is 106 Å². The normalized spacial score (nSPS) is 8.75. The van der Waals surface area contributed by atoms with Gasteiger partial charge in [-0.15, -0.1) is 0 Å². The molecule has 1 aromatic rings. The van der Waals surface area contributed by atoms with Crippen molar-refractivity contribution in [2.75, 3.05) is 0 Å². The summed E-state index contributed by atoms with van der Waals surface area (Å²) in [5.74, 6) is -0.997. The van der Waals surface area contributed by atoms with Crippen LogP contribution in [0.4, 0.5) is 0 Å². The van der Waals surface area contributed by atoms with E-state index >= 15 is 0 Å². The molecule has 0 saturated carbocycles. The zero-order valence-corrected chi connectivity index (χ0v) is 11.4. The number of carboxylic acid groups (broad SMARTS) is 1. The molecule has 12 heavy (non-hydrogen) atoms. The van der Waals surface area contributed by atoms with Crippen LogP contribution in [0.1, 0.15) is 15.9 Å². The Morgan fingerprint density at radius 2 is 2.00 bits per heavy atom. The summed E-state index contributed by atoms with van der Waals surface area (Å²) in [4.78, 5) is 10.5. The van der Waals surface area contributed by atoms with Gasteiger partial charge in [-0.2, -0.15) is 0 Å². The number of hydrogen-bond donors (Lipinski definition) is 2. The van der Waals surface area contributed by atoms with Crippen molar-refractivity contribution in [1.82, 2.24) is 0 Å². The molecular formula is C8H8AcO3. The van der Waals surface area contributed by atoms with Gasteiger partial charge in [-0.3, -0.25) is 0 Å². The molecule has 1 radical (unpaired) electrons. The first-order valence-corrected chi connectivity index (χ1v) is 3.15. The fourth-order valence-corrected chi connectivity index (χ4v) is 0.855. The number of phenolic OH excluding ortho intramolecular Hbond substituents is 1. The van der Waals surface area contributed by atoms with E-state index in [1.165, 1.54) is 18.2 Å². The minimum absolute atomic E-state index is 0. The summed E-state index contributed by atoms with van der Waals surface area (Å²) in [6.07, 6.45) is 0. The van der Waals surface area contributed by atoms with Gasteiger partial charge in [-0.25, -0.2) is 4.79 Å². The van der Waals surface area contributed by atoms with Gasteiger partial charge in [0.05, 0.1) is 5.56 Å². The minimum Gasteiger partial charge on any atom is -0.508 e. The summed E-state index contributed by atoms with van der Waals surface area (Å²) >= 11 is 0. The maximum Gasteiger partial charge on any atom is 0.336 e. The van der Waals surface area contributed by atoms with Gasteiger partial charge in [0.1, 0.15) is 5.75 Å². The van der Waals surface area contributed by atoms with E-state index in [2.05, 4.69) is 0 Å². The van der Waals surface area contributed by atoms with Crippen LogP contribution in [0.5, 0.6) is 5.75 Å². The van der Waals surface area contributed by atoms with Crippen molar-refractivity contribution in [2.45, 2.75) is 6.92 Å². The van der Waals surface area contributed by atoms with Gasteiger partial charge >= 0.3 is 5.97 Å². The number of benzene rings is 1. The Morgan fingerprint density at radius 3 is 2.42 bits per heavy atom. The Hall–Kier alpha value is -0.0684. The van der Waals surface area contributed by atoms with Gasteiger partial charge in [0, 0.05) is 49.6 Å². The van der Waals surface area contributed by atoms with E-state index < -0.39 is 5.97 Å². The van der Waals surface area contributed by atoms with E-state index in [-0.39, 0.29) is 55.4 Å². The van der Waals surface area contributed by atoms with Crippen molar-refractivity contribution < 1.29 is 59.1 Å². The van der Waals surface area contributed by atoms with Gasteiger partial charge < -0.3 is 10.2 Å². The van der Waals surface area contributed by atoms with Crippen molar-refractivity contribution in [3.63, 3.8) is 0 Å². The second kappa shape index (κ2) is 4.84. The minimum atomic E-state index is -1.02. The number of carbonyl (C=O) groups is 1. The van der Waals surface area contributed by atoms with E-state index in [4.69, 9.17) is 10.2 Å². The Bertz CT molecular complexity index is 296. The van der Waals surface area contributed by atoms with Crippen molar-refractivity contribution in [1.29, 1.82) is 0 Å². The van der Waals surface area contributed by atoms with Crippen LogP contribution in [0.25, 0.3) is 0 Å². The quantitative estimate of drug-likeness (QED) is 0.776. The van der Waals surface area contributed by atoms with Gasteiger partial charge in [0.2, 0.25) is 0 Å². The van der Waals surface area contributed by atoms with Gasteiger partial charge in [0.25, 0.3) is 0 Å². The number of hydrogen-bond acceptors (Lipinski definition) is 2. The van der Waals surface area contributed by atoms with Crippen molar-refractivity contribution >= 4 is 5.97 Å². The molecule has 1 rings (SSSR count). The first-order valence-electron chi connectivity index (χ1n) is 3.15. The monoisotopic (exact) mass is 379 g/mol. The predicted octanol–water partition coefficient (Wildman–Crippen LogP) is 1.40. The van der Waals surface area contributed by atoms with E-state index in [9.17, 15) is 4.79 Å². The van der Waals surface area contributed by atoms with Crippen LogP contribution in [0.3, 0.4) is 0 Å². The molecule has 0 aromatic heterocycles. The Morgan fingerprint density at radius 1 is 1.42 bits per heavy atom. The van der Waals surface area contributed by atoms with Gasteiger partial charge in [-0.05, 0) is 19.1 Å². The SMILES string of the molecule is Cc1c(O)cccc1C(=O)O.[Ac]. The molecule has 0 fully saturated rings. The van der Waals surface area contributed by atoms with Crippen LogP contribution in [0.15, 0.2) is 18.2 Å². The topological polar surface area (TPSA) is 57.5 Å². The number of phenols is 1. The average Bonchev–Trinajstić information content (AvgIpc) is 1.94. The summed E-state index contributed by atoms with van der Waals surface area (Å²) < 4.78 is 0. The Balaban J connectivity index is 0.00000121. The molecule has 3 nitrogen and oxygen atoms in total. The molecule has 61 valence electrons.